The van der Waals surface area contributed by atoms with Crippen LogP contribution in [0.5, 0.6) is 11.5 Å². The summed E-state index contributed by atoms with van der Waals surface area (Å²) in [5, 5.41) is 6.06. The van der Waals surface area contributed by atoms with Crippen molar-refractivity contribution < 1.29 is 18.3 Å². The van der Waals surface area contributed by atoms with E-state index in [-0.39, 0.29) is 29.7 Å². The molecule has 1 aromatic carbocycles. The van der Waals surface area contributed by atoms with Crippen LogP contribution >= 0.6 is 24.0 Å². The number of hydrogen-bond acceptors (Lipinski definition) is 3. The Kier molecular flexibility index (Phi) is 11.4. The van der Waals surface area contributed by atoms with Crippen molar-refractivity contribution in [2.45, 2.75) is 33.4 Å². The maximum absolute atomic E-state index is 12.6. The van der Waals surface area contributed by atoms with Crippen molar-refractivity contribution in [2.24, 2.45) is 4.99 Å². The Hall–Kier alpha value is -1.32. The van der Waals surface area contributed by atoms with E-state index < -0.39 is 6.61 Å². The number of nitrogens with zero attached hydrogens (tertiary/aromatic N) is 1. The lowest BCUT2D eigenvalue weighted by Gasteiger charge is -2.15. The Balaban J connectivity index is 0.00000484. The molecular weight excluding hydrogens is 419 g/mol. The summed E-state index contributed by atoms with van der Waals surface area (Å²) in [5.41, 5.74) is 0.600. The minimum absolute atomic E-state index is 0. The average molecular weight is 443 g/mol. The maximum atomic E-state index is 12.6. The quantitative estimate of drug-likeness (QED) is 0.368. The van der Waals surface area contributed by atoms with Crippen LogP contribution in [0, 0.1) is 0 Å². The maximum Gasteiger partial charge on any atom is 0.387 e. The fourth-order valence-corrected chi connectivity index (χ4v) is 1.76. The Morgan fingerprint density at radius 2 is 2.00 bits per heavy atom. The molecule has 0 aliphatic heterocycles. The molecule has 132 valence electrons. The molecule has 1 aromatic rings. The zero-order chi connectivity index (χ0) is 16.4. The monoisotopic (exact) mass is 443 g/mol. The molecule has 5 nitrogen and oxygen atoms in total. The second-order valence-electron chi connectivity index (χ2n) is 4.45. The molecule has 0 aliphatic rings. The van der Waals surface area contributed by atoms with Crippen LogP contribution in [0.1, 0.15) is 25.8 Å². The van der Waals surface area contributed by atoms with Gasteiger partial charge in [-0.2, -0.15) is 8.78 Å². The number of aliphatic imine (C=N–C) groups is 1. The van der Waals surface area contributed by atoms with E-state index in [1.54, 1.807) is 19.2 Å². The minimum Gasteiger partial charge on any atom is -0.493 e. The summed E-state index contributed by atoms with van der Waals surface area (Å²) < 4.78 is 35.1. The molecule has 0 saturated heterocycles. The van der Waals surface area contributed by atoms with Crippen LogP contribution in [-0.4, -0.2) is 32.8 Å². The van der Waals surface area contributed by atoms with Crippen molar-refractivity contribution in [1.82, 2.24) is 10.6 Å². The molecule has 0 atom stereocenters. The molecule has 2 N–H and O–H groups in total. The van der Waals surface area contributed by atoms with Gasteiger partial charge >= 0.3 is 6.61 Å². The summed E-state index contributed by atoms with van der Waals surface area (Å²) in [6.45, 7) is 2.59. The summed E-state index contributed by atoms with van der Waals surface area (Å²) in [7, 11) is 1.64. The molecule has 0 aliphatic carbocycles. The van der Waals surface area contributed by atoms with E-state index >= 15 is 0 Å². The predicted octanol–water partition coefficient (Wildman–Crippen LogP) is 3.38. The first-order valence-electron chi connectivity index (χ1n) is 7.25. The first kappa shape index (κ1) is 21.7. The van der Waals surface area contributed by atoms with Crippen LogP contribution in [0.25, 0.3) is 0 Å². The van der Waals surface area contributed by atoms with Gasteiger partial charge in [-0.25, -0.2) is 0 Å². The molecule has 0 spiro atoms. The van der Waals surface area contributed by atoms with Crippen LogP contribution in [0.3, 0.4) is 0 Å². The van der Waals surface area contributed by atoms with Crippen LogP contribution in [-0.2, 0) is 6.54 Å². The Labute approximate surface area is 152 Å². The summed E-state index contributed by atoms with van der Waals surface area (Å²) >= 11 is 0. The van der Waals surface area contributed by atoms with E-state index in [1.807, 2.05) is 13.8 Å². The fraction of sp³-hybridized carbons (Fsp3) is 0.533. The Morgan fingerprint density at radius 1 is 1.26 bits per heavy atom. The van der Waals surface area contributed by atoms with E-state index in [0.717, 1.165) is 6.42 Å². The molecule has 0 amide bonds. The van der Waals surface area contributed by atoms with Crippen LogP contribution in [0.4, 0.5) is 8.78 Å². The zero-order valence-corrected chi connectivity index (χ0v) is 15.9. The SMILES string of the molecule is CCCOc1ccc(CNC(=NC)NCC)c(OC(F)F)c1.I. The molecule has 1 rings (SSSR count). The van der Waals surface area contributed by atoms with Crippen molar-refractivity contribution in [3.63, 3.8) is 0 Å². The highest BCUT2D eigenvalue weighted by molar-refractivity contribution is 14.0. The van der Waals surface area contributed by atoms with Gasteiger partial charge in [0, 0.05) is 31.8 Å². The van der Waals surface area contributed by atoms with Crippen molar-refractivity contribution >= 4 is 29.9 Å². The Bertz CT molecular complexity index is 488. The van der Waals surface area contributed by atoms with Gasteiger partial charge in [0.15, 0.2) is 5.96 Å². The lowest BCUT2D eigenvalue weighted by atomic mass is 10.2. The number of benzene rings is 1. The van der Waals surface area contributed by atoms with Gasteiger partial charge in [-0.1, -0.05) is 6.92 Å². The normalized spacial score (nSPS) is 11.0. The molecular formula is C15H24F2IN3O2. The van der Waals surface area contributed by atoms with Gasteiger partial charge in [-0.15, -0.1) is 24.0 Å². The average Bonchev–Trinajstić information content (AvgIpc) is 2.50. The number of guanidine groups is 1. The van der Waals surface area contributed by atoms with E-state index in [4.69, 9.17) is 4.74 Å². The van der Waals surface area contributed by atoms with Crippen molar-refractivity contribution in [2.75, 3.05) is 20.2 Å². The molecule has 0 saturated carbocycles. The van der Waals surface area contributed by atoms with E-state index in [1.165, 1.54) is 6.07 Å². The smallest absolute Gasteiger partial charge is 0.387 e. The predicted molar refractivity (Wildman–Crippen MR) is 98.2 cm³/mol. The standard InChI is InChI=1S/C15H23F2N3O2.HI/c1-4-8-21-12-7-6-11(13(9-12)22-14(16)17)10-20-15(18-3)19-5-2;/h6-7,9,14H,4-5,8,10H2,1-3H3,(H2,18,19,20);1H. The third kappa shape index (κ3) is 8.19. The number of rotatable bonds is 8. The highest BCUT2D eigenvalue weighted by atomic mass is 127. The van der Waals surface area contributed by atoms with E-state index in [2.05, 4.69) is 20.4 Å². The Morgan fingerprint density at radius 3 is 2.57 bits per heavy atom. The van der Waals surface area contributed by atoms with Crippen LogP contribution in [0.15, 0.2) is 23.2 Å². The van der Waals surface area contributed by atoms with Crippen LogP contribution < -0.4 is 20.1 Å². The van der Waals surface area contributed by atoms with Gasteiger partial charge in [-0.3, -0.25) is 4.99 Å². The number of hydrogen-bond donors (Lipinski definition) is 2. The van der Waals surface area contributed by atoms with Gasteiger partial charge in [0.05, 0.1) is 6.61 Å². The molecule has 0 unspecified atom stereocenters. The fourth-order valence-electron chi connectivity index (χ4n) is 1.76. The second kappa shape index (κ2) is 12.1. The van der Waals surface area contributed by atoms with Crippen LogP contribution in [0.2, 0.25) is 0 Å². The summed E-state index contributed by atoms with van der Waals surface area (Å²) in [4.78, 5) is 4.02. The number of halogens is 3. The van der Waals surface area contributed by atoms with Crippen molar-refractivity contribution in [3.05, 3.63) is 23.8 Å². The molecule has 0 fully saturated rings. The minimum atomic E-state index is -2.88. The first-order chi connectivity index (χ1) is 10.6. The van der Waals surface area contributed by atoms with E-state index in [0.29, 0.717) is 37.0 Å². The largest absolute Gasteiger partial charge is 0.493 e. The lowest BCUT2D eigenvalue weighted by molar-refractivity contribution is -0.0505. The highest BCUT2D eigenvalue weighted by Crippen LogP contribution is 2.26. The molecule has 23 heavy (non-hydrogen) atoms. The highest BCUT2D eigenvalue weighted by Gasteiger charge is 2.12. The van der Waals surface area contributed by atoms with E-state index in [9.17, 15) is 8.78 Å². The molecule has 8 heteroatoms. The zero-order valence-electron chi connectivity index (χ0n) is 13.6. The summed E-state index contributed by atoms with van der Waals surface area (Å²) in [5.74, 6) is 1.21. The summed E-state index contributed by atoms with van der Waals surface area (Å²) in [6, 6.07) is 4.92. The molecule has 0 aromatic heterocycles. The van der Waals surface area contributed by atoms with Gasteiger partial charge < -0.3 is 20.1 Å². The molecule has 0 radical (unpaired) electrons. The second-order valence-corrected chi connectivity index (χ2v) is 4.45. The first-order valence-corrected chi connectivity index (χ1v) is 7.25. The number of nitrogens with one attached hydrogen (secondary N) is 2. The van der Waals surface area contributed by atoms with Gasteiger partial charge in [0.1, 0.15) is 11.5 Å². The number of ether oxygens (including phenoxy) is 2. The number of alkyl halides is 2. The van der Waals surface area contributed by atoms with Gasteiger partial charge in [0.2, 0.25) is 0 Å². The molecule has 0 heterocycles. The third-order valence-corrected chi connectivity index (χ3v) is 2.74. The van der Waals surface area contributed by atoms with Gasteiger partial charge in [-0.05, 0) is 25.5 Å². The lowest BCUT2D eigenvalue weighted by Crippen LogP contribution is -2.36. The summed E-state index contributed by atoms with van der Waals surface area (Å²) in [6.07, 6.45) is 0.841. The van der Waals surface area contributed by atoms with Gasteiger partial charge in [0.25, 0.3) is 0 Å². The van der Waals surface area contributed by atoms with Crippen molar-refractivity contribution in [3.8, 4) is 11.5 Å². The third-order valence-electron chi connectivity index (χ3n) is 2.74. The molecule has 0 bridgehead atoms. The van der Waals surface area contributed by atoms with Crippen molar-refractivity contribution in [1.29, 1.82) is 0 Å². The topological polar surface area (TPSA) is 54.9 Å².